The Morgan fingerprint density at radius 2 is 2.07 bits per heavy atom. The van der Waals surface area contributed by atoms with Gasteiger partial charge < -0.3 is 10.1 Å². The first-order valence-corrected chi connectivity index (χ1v) is 5.10. The van der Waals surface area contributed by atoms with Crippen molar-refractivity contribution >= 4 is 0 Å². The van der Waals surface area contributed by atoms with E-state index in [1.165, 1.54) is 11.1 Å². The first-order chi connectivity index (χ1) is 6.81. The smallest absolute Gasteiger partial charge is 0.0520 e. The monoisotopic (exact) mass is 191 g/mol. The van der Waals surface area contributed by atoms with Crippen LogP contribution in [0.4, 0.5) is 0 Å². The number of hydrogen-bond donors (Lipinski definition) is 1. The second-order valence-electron chi connectivity index (χ2n) is 4.01. The lowest BCUT2D eigenvalue weighted by Gasteiger charge is -2.38. The quantitative estimate of drug-likeness (QED) is 0.788. The normalized spacial score (nSPS) is 25.9. The highest BCUT2D eigenvalue weighted by molar-refractivity contribution is 5.26. The van der Waals surface area contributed by atoms with Gasteiger partial charge in [0, 0.05) is 25.6 Å². The van der Waals surface area contributed by atoms with Gasteiger partial charge in [-0.1, -0.05) is 29.8 Å². The van der Waals surface area contributed by atoms with E-state index >= 15 is 0 Å². The van der Waals surface area contributed by atoms with E-state index in [0.717, 1.165) is 13.2 Å². The average molecular weight is 191 g/mol. The summed E-state index contributed by atoms with van der Waals surface area (Å²) in [6, 6.07) is 9.23. The minimum absolute atomic E-state index is 0.496. The number of aryl methyl sites for hydroxylation is 1. The van der Waals surface area contributed by atoms with Gasteiger partial charge in [-0.2, -0.15) is 0 Å². The average Bonchev–Trinajstić information content (AvgIpc) is 2.16. The van der Waals surface area contributed by atoms with Crippen LogP contribution < -0.4 is 5.32 Å². The largest absolute Gasteiger partial charge is 0.384 e. The molecule has 0 saturated carbocycles. The van der Waals surface area contributed by atoms with Crippen LogP contribution >= 0.6 is 0 Å². The van der Waals surface area contributed by atoms with Gasteiger partial charge in [0.2, 0.25) is 0 Å². The van der Waals surface area contributed by atoms with Crippen molar-refractivity contribution in [2.45, 2.75) is 13.0 Å². The standard InChI is InChI=1S/C12H17NO/c1-9-3-5-10(6-4-9)12-11(7-13-12)8-14-2/h3-6,11-13H,7-8H2,1-2H3. The Bertz CT molecular complexity index is 294. The lowest BCUT2D eigenvalue weighted by Crippen LogP contribution is -2.47. The van der Waals surface area contributed by atoms with Gasteiger partial charge in [-0.3, -0.25) is 0 Å². The van der Waals surface area contributed by atoms with Crippen LogP contribution in [0.5, 0.6) is 0 Å². The number of nitrogens with one attached hydrogen (secondary N) is 1. The van der Waals surface area contributed by atoms with Gasteiger partial charge in [0.1, 0.15) is 0 Å². The Kier molecular flexibility index (Phi) is 2.85. The molecule has 0 spiro atoms. The molecular formula is C12H17NO. The molecule has 1 N–H and O–H groups in total. The molecule has 1 aromatic carbocycles. The molecule has 14 heavy (non-hydrogen) atoms. The Labute approximate surface area is 85.3 Å². The fraction of sp³-hybridized carbons (Fsp3) is 0.500. The van der Waals surface area contributed by atoms with Gasteiger partial charge in [-0.05, 0) is 12.5 Å². The lowest BCUT2D eigenvalue weighted by atomic mass is 9.86. The highest BCUT2D eigenvalue weighted by atomic mass is 16.5. The van der Waals surface area contributed by atoms with Gasteiger partial charge in [-0.15, -0.1) is 0 Å². The summed E-state index contributed by atoms with van der Waals surface area (Å²) < 4.78 is 5.18. The third kappa shape index (κ3) is 1.81. The summed E-state index contributed by atoms with van der Waals surface area (Å²) in [6.07, 6.45) is 0. The van der Waals surface area contributed by atoms with Crippen LogP contribution in [0.1, 0.15) is 17.2 Å². The van der Waals surface area contributed by atoms with Crippen molar-refractivity contribution in [1.29, 1.82) is 0 Å². The molecule has 0 bridgehead atoms. The number of hydrogen-bond acceptors (Lipinski definition) is 2. The fourth-order valence-corrected chi connectivity index (χ4v) is 1.94. The van der Waals surface area contributed by atoms with Gasteiger partial charge in [0.15, 0.2) is 0 Å². The van der Waals surface area contributed by atoms with Gasteiger partial charge in [-0.25, -0.2) is 0 Å². The van der Waals surface area contributed by atoms with Crippen molar-refractivity contribution in [2.24, 2.45) is 5.92 Å². The Morgan fingerprint density at radius 1 is 1.36 bits per heavy atom. The minimum Gasteiger partial charge on any atom is -0.384 e. The molecule has 1 heterocycles. The second kappa shape index (κ2) is 4.11. The van der Waals surface area contributed by atoms with Crippen molar-refractivity contribution < 1.29 is 4.74 Å². The third-order valence-electron chi connectivity index (χ3n) is 2.89. The van der Waals surface area contributed by atoms with E-state index in [1.54, 1.807) is 7.11 Å². The molecule has 0 amide bonds. The van der Waals surface area contributed by atoms with E-state index in [-0.39, 0.29) is 0 Å². The molecule has 2 rings (SSSR count). The zero-order valence-corrected chi connectivity index (χ0v) is 8.79. The van der Waals surface area contributed by atoms with Gasteiger partial charge in [0.25, 0.3) is 0 Å². The summed E-state index contributed by atoms with van der Waals surface area (Å²) in [7, 11) is 1.77. The predicted molar refractivity (Wildman–Crippen MR) is 57.3 cm³/mol. The van der Waals surface area contributed by atoms with Crippen LogP contribution in [0, 0.1) is 12.8 Å². The summed E-state index contributed by atoms with van der Waals surface area (Å²) in [5.41, 5.74) is 2.69. The van der Waals surface area contributed by atoms with Crippen molar-refractivity contribution in [3.8, 4) is 0 Å². The van der Waals surface area contributed by atoms with Crippen LogP contribution in [0.2, 0.25) is 0 Å². The molecule has 2 unspecified atom stereocenters. The second-order valence-corrected chi connectivity index (χ2v) is 4.01. The van der Waals surface area contributed by atoms with E-state index in [1.807, 2.05) is 0 Å². The molecule has 0 radical (unpaired) electrons. The summed E-state index contributed by atoms with van der Waals surface area (Å²) in [5, 5.41) is 3.44. The molecular weight excluding hydrogens is 174 g/mol. The molecule has 0 aliphatic carbocycles. The van der Waals surface area contributed by atoms with E-state index in [0.29, 0.717) is 12.0 Å². The van der Waals surface area contributed by atoms with Gasteiger partial charge >= 0.3 is 0 Å². The number of rotatable bonds is 3. The highest BCUT2D eigenvalue weighted by Gasteiger charge is 2.30. The van der Waals surface area contributed by atoms with Gasteiger partial charge in [0.05, 0.1) is 6.61 Å². The summed E-state index contributed by atoms with van der Waals surface area (Å²) >= 11 is 0. The minimum atomic E-state index is 0.496. The molecule has 2 atom stereocenters. The molecule has 0 aromatic heterocycles. The van der Waals surface area contributed by atoms with Crippen molar-refractivity contribution in [2.75, 3.05) is 20.3 Å². The lowest BCUT2D eigenvalue weighted by molar-refractivity contribution is 0.0883. The van der Waals surface area contributed by atoms with Crippen LogP contribution in [0.25, 0.3) is 0 Å². The molecule has 1 aromatic rings. The Balaban J connectivity index is 2.04. The summed E-state index contributed by atoms with van der Waals surface area (Å²) in [4.78, 5) is 0. The molecule has 1 fully saturated rings. The van der Waals surface area contributed by atoms with Crippen LogP contribution in [0.3, 0.4) is 0 Å². The van der Waals surface area contributed by atoms with E-state index in [2.05, 4.69) is 36.5 Å². The van der Waals surface area contributed by atoms with E-state index in [9.17, 15) is 0 Å². The first kappa shape index (κ1) is 9.69. The first-order valence-electron chi connectivity index (χ1n) is 5.10. The van der Waals surface area contributed by atoms with E-state index in [4.69, 9.17) is 4.74 Å². The molecule has 1 aliphatic heterocycles. The molecule has 1 saturated heterocycles. The third-order valence-corrected chi connectivity index (χ3v) is 2.89. The van der Waals surface area contributed by atoms with Crippen LogP contribution in [-0.2, 0) is 4.74 Å². The van der Waals surface area contributed by atoms with E-state index < -0.39 is 0 Å². The number of benzene rings is 1. The van der Waals surface area contributed by atoms with Crippen molar-refractivity contribution in [3.05, 3.63) is 35.4 Å². The van der Waals surface area contributed by atoms with Crippen LogP contribution in [0.15, 0.2) is 24.3 Å². The number of methoxy groups -OCH3 is 1. The zero-order chi connectivity index (χ0) is 9.97. The van der Waals surface area contributed by atoms with Crippen LogP contribution in [-0.4, -0.2) is 20.3 Å². The number of ether oxygens (including phenoxy) is 1. The van der Waals surface area contributed by atoms with Crippen molar-refractivity contribution in [3.63, 3.8) is 0 Å². The maximum absolute atomic E-state index is 5.18. The zero-order valence-electron chi connectivity index (χ0n) is 8.79. The highest BCUT2D eigenvalue weighted by Crippen LogP contribution is 2.29. The Morgan fingerprint density at radius 3 is 2.57 bits per heavy atom. The molecule has 76 valence electrons. The summed E-state index contributed by atoms with van der Waals surface area (Å²) in [6.45, 7) is 4.04. The topological polar surface area (TPSA) is 21.3 Å². The molecule has 2 heteroatoms. The fourth-order valence-electron chi connectivity index (χ4n) is 1.94. The SMILES string of the molecule is COCC1CNC1c1ccc(C)cc1. The van der Waals surface area contributed by atoms with Crippen molar-refractivity contribution in [1.82, 2.24) is 5.32 Å². The maximum Gasteiger partial charge on any atom is 0.0520 e. The maximum atomic E-state index is 5.18. The molecule has 2 nitrogen and oxygen atoms in total. The molecule has 1 aliphatic rings. The summed E-state index contributed by atoms with van der Waals surface area (Å²) in [5.74, 6) is 0.641. The Hall–Kier alpha value is -0.860. The predicted octanol–water partition coefficient (Wildman–Crippen LogP) is 1.90.